The van der Waals surface area contributed by atoms with Crippen molar-refractivity contribution < 1.29 is 23.8 Å². The van der Waals surface area contributed by atoms with E-state index in [-0.39, 0.29) is 25.9 Å². The highest BCUT2D eigenvalue weighted by Crippen LogP contribution is 2.43. The highest BCUT2D eigenvalue weighted by atomic mass is 19.1. The van der Waals surface area contributed by atoms with E-state index in [4.69, 9.17) is 4.74 Å². The second-order valence-corrected chi connectivity index (χ2v) is 9.12. The summed E-state index contributed by atoms with van der Waals surface area (Å²) in [6.45, 7) is 1.58. The molecule has 2 aromatic rings. The van der Waals surface area contributed by atoms with E-state index in [2.05, 4.69) is 27.8 Å². The molecule has 9 nitrogen and oxygen atoms in total. The minimum atomic E-state index is -1.36. The number of nitrogens with zero attached hydrogens (tertiary/aromatic N) is 2. The van der Waals surface area contributed by atoms with Crippen LogP contribution in [0.25, 0.3) is 0 Å². The van der Waals surface area contributed by atoms with Gasteiger partial charge < -0.3 is 20.5 Å². The van der Waals surface area contributed by atoms with Crippen molar-refractivity contribution in [3.05, 3.63) is 57.9 Å². The molecule has 10 heteroatoms. The van der Waals surface area contributed by atoms with Gasteiger partial charge in [0.05, 0.1) is 0 Å². The van der Waals surface area contributed by atoms with Crippen LogP contribution in [0.4, 0.5) is 10.2 Å². The Morgan fingerprint density at radius 2 is 2.06 bits per heavy atom. The molecule has 0 saturated heterocycles. The zero-order chi connectivity index (χ0) is 24.8. The molecule has 0 spiro atoms. The molecule has 2 aliphatic rings. The number of amides is 1. The van der Waals surface area contributed by atoms with Crippen LogP contribution in [-0.2, 0) is 32.7 Å². The number of carboxylic acids is 1. The maximum Gasteiger partial charge on any atom is 0.326 e. The summed E-state index contributed by atoms with van der Waals surface area (Å²) >= 11 is 0. The molecule has 3 N–H and O–H groups in total. The highest BCUT2D eigenvalue weighted by Gasteiger charge is 2.54. The standard InChI is InChI=1S/C25H31FN4O5/c26-20-7-3-8-21(31)30(20)25(12-13-25)24(34)29-19(23(32)33)11-16-35-15-2-1-6-18-10-9-17-5-4-14-27-22(17)28-18/h3,7-10,19H,1-2,4-6,11-16H2,(H,27,28)(H,29,34)(H,32,33). The molecule has 0 aromatic carbocycles. The van der Waals surface area contributed by atoms with Gasteiger partial charge in [-0.25, -0.2) is 9.78 Å². The fraction of sp³-hybridized carbons (Fsp3) is 0.520. The zero-order valence-electron chi connectivity index (χ0n) is 19.6. The summed E-state index contributed by atoms with van der Waals surface area (Å²) in [6.07, 6.45) is 5.34. The van der Waals surface area contributed by atoms with Crippen LogP contribution in [0.1, 0.15) is 49.8 Å². The van der Waals surface area contributed by atoms with Crippen molar-refractivity contribution in [1.29, 1.82) is 0 Å². The molecule has 35 heavy (non-hydrogen) atoms. The predicted molar refractivity (Wildman–Crippen MR) is 127 cm³/mol. The second kappa shape index (κ2) is 11.0. The summed E-state index contributed by atoms with van der Waals surface area (Å²) in [5, 5.41) is 15.3. The molecule has 4 rings (SSSR count). The van der Waals surface area contributed by atoms with Crippen LogP contribution in [0.2, 0.25) is 0 Å². The number of ether oxygens (including phenoxy) is 1. The van der Waals surface area contributed by atoms with Gasteiger partial charge in [-0.2, -0.15) is 4.39 Å². The molecule has 1 aliphatic carbocycles. The maximum absolute atomic E-state index is 14.2. The number of aliphatic carboxylic acids is 1. The minimum absolute atomic E-state index is 0.0708. The van der Waals surface area contributed by atoms with E-state index in [9.17, 15) is 23.9 Å². The van der Waals surface area contributed by atoms with Crippen molar-refractivity contribution in [2.45, 2.75) is 62.9 Å². The van der Waals surface area contributed by atoms with Gasteiger partial charge in [0.1, 0.15) is 17.4 Å². The van der Waals surface area contributed by atoms with Crippen LogP contribution in [0, 0.1) is 5.95 Å². The molecule has 1 amide bonds. The molecule has 0 bridgehead atoms. The summed E-state index contributed by atoms with van der Waals surface area (Å²) < 4.78 is 20.6. The predicted octanol–water partition coefficient (Wildman–Crippen LogP) is 2.23. The third kappa shape index (κ3) is 5.87. The first-order chi connectivity index (χ1) is 16.9. The number of fused-ring (bicyclic) bond motifs is 1. The Labute approximate surface area is 202 Å². The average Bonchev–Trinajstić information content (AvgIpc) is 3.64. The lowest BCUT2D eigenvalue weighted by molar-refractivity contribution is -0.143. The van der Waals surface area contributed by atoms with Gasteiger partial charge in [-0.3, -0.25) is 14.2 Å². The molecule has 1 fully saturated rings. The van der Waals surface area contributed by atoms with Gasteiger partial charge in [0, 0.05) is 37.9 Å². The smallest absolute Gasteiger partial charge is 0.326 e. The van der Waals surface area contributed by atoms with Gasteiger partial charge in [-0.05, 0) is 62.6 Å². The first kappa shape index (κ1) is 24.8. The van der Waals surface area contributed by atoms with Crippen molar-refractivity contribution in [2.24, 2.45) is 0 Å². The lowest BCUT2D eigenvalue weighted by Gasteiger charge is -2.22. The van der Waals surface area contributed by atoms with E-state index >= 15 is 0 Å². The quantitative estimate of drug-likeness (QED) is 0.311. The van der Waals surface area contributed by atoms with Gasteiger partial charge in [-0.15, -0.1) is 0 Å². The van der Waals surface area contributed by atoms with E-state index in [1.807, 2.05) is 0 Å². The largest absolute Gasteiger partial charge is 0.480 e. The van der Waals surface area contributed by atoms with Crippen LogP contribution >= 0.6 is 0 Å². The Morgan fingerprint density at radius 1 is 1.23 bits per heavy atom. The molecule has 3 heterocycles. The van der Waals surface area contributed by atoms with Crippen molar-refractivity contribution in [1.82, 2.24) is 14.9 Å². The molecule has 188 valence electrons. The number of rotatable bonds is 12. The lowest BCUT2D eigenvalue weighted by atomic mass is 10.1. The number of carbonyl (C=O) groups excluding carboxylic acids is 1. The Hall–Kier alpha value is -3.27. The van der Waals surface area contributed by atoms with Crippen molar-refractivity contribution in [3.63, 3.8) is 0 Å². The number of nitrogens with one attached hydrogen (secondary N) is 2. The molecule has 1 unspecified atom stereocenters. The Morgan fingerprint density at radius 3 is 2.80 bits per heavy atom. The normalized spacial score (nSPS) is 16.6. The number of pyridine rings is 2. The summed E-state index contributed by atoms with van der Waals surface area (Å²) in [4.78, 5) is 41.2. The minimum Gasteiger partial charge on any atom is -0.480 e. The maximum atomic E-state index is 14.2. The van der Waals surface area contributed by atoms with Gasteiger partial charge in [0.25, 0.3) is 5.56 Å². The van der Waals surface area contributed by atoms with E-state index in [1.165, 1.54) is 17.7 Å². The number of carboxylic acid groups (broad SMARTS) is 1. The number of hydrogen-bond donors (Lipinski definition) is 3. The molecule has 1 saturated carbocycles. The fourth-order valence-electron chi connectivity index (χ4n) is 4.42. The first-order valence-electron chi connectivity index (χ1n) is 12.1. The number of aromatic nitrogens is 2. The van der Waals surface area contributed by atoms with Gasteiger partial charge >= 0.3 is 5.97 Å². The summed E-state index contributed by atoms with van der Waals surface area (Å²) in [5.41, 5.74) is 0.304. The van der Waals surface area contributed by atoms with Crippen LogP contribution in [0.3, 0.4) is 0 Å². The van der Waals surface area contributed by atoms with Gasteiger partial charge in [0.15, 0.2) is 5.95 Å². The summed E-state index contributed by atoms with van der Waals surface area (Å²) in [5.74, 6) is -1.70. The Kier molecular flexibility index (Phi) is 7.80. The number of anilines is 1. The van der Waals surface area contributed by atoms with E-state index in [0.717, 1.165) is 60.8 Å². The molecular weight excluding hydrogens is 455 g/mol. The highest BCUT2D eigenvalue weighted by molar-refractivity contribution is 5.90. The second-order valence-electron chi connectivity index (χ2n) is 9.12. The average molecular weight is 487 g/mol. The zero-order valence-corrected chi connectivity index (χ0v) is 19.6. The third-order valence-electron chi connectivity index (χ3n) is 6.56. The van der Waals surface area contributed by atoms with Crippen molar-refractivity contribution in [3.8, 4) is 0 Å². The van der Waals surface area contributed by atoms with Gasteiger partial charge in [0.2, 0.25) is 5.91 Å². The molecule has 1 aliphatic heterocycles. The Bertz CT molecular complexity index is 1130. The number of halogens is 1. The molecule has 0 radical (unpaired) electrons. The van der Waals surface area contributed by atoms with E-state index in [0.29, 0.717) is 6.61 Å². The SMILES string of the molecule is O=C(O)C(CCOCCCCc1ccc2c(n1)NCCC2)NC(=O)C1(n2c(F)cccc2=O)CC1. The van der Waals surface area contributed by atoms with Crippen molar-refractivity contribution in [2.75, 3.05) is 25.1 Å². The first-order valence-corrected chi connectivity index (χ1v) is 12.1. The topological polar surface area (TPSA) is 123 Å². The molecule has 2 aromatic heterocycles. The third-order valence-corrected chi connectivity index (χ3v) is 6.56. The van der Waals surface area contributed by atoms with Gasteiger partial charge in [-0.1, -0.05) is 12.1 Å². The number of aryl methyl sites for hydroxylation is 2. The van der Waals surface area contributed by atoms with E-state index in [1.54, 1.807) is 0 Å². The van der Waals surface area contributed by atoms with Crippen LogP contribution in [-0.4, -0.2) is 52.3 Å². The fourth-order valence-corrected chi connectivity index (χ4v) is 4.42. The monoisotopic (exact) mass is 486 g/mol. The number of hydrogen-bond acceptors (Lipinski definition) is 6. The molecule has 1 atom stereocenters. The van der Waals surface area contributed by atoms with Crippen LogP contribution in [0.5, 0.6) is 0 Å². The Balaban J connectivity index is 1.19. The summed E-state index contributed by atoms with van der Waals surface area (Å²) in [7, 11) is 0. The van der Waals surface area contributed by atoms with Crippen molar-refractivity contribution >= 4 is 17.7 Å². The number of carbonyl (C=O) groups is 2. The van der Waals surface area contributed by atoms with E-state index < -0.39 is 35.0 Å². The summed E-state index contributed by atoms with van der Waals surface area (Å²) in [6, 6.07) is 6.58. The van der Waals surface area contributed by atoms with Crippen LogP contribution < -0.4 is 16.2 Å². The molecular formula is C25H31FN4O5. The van der Waals surface area contributed by atoms with Crippen LogP contribution in [0.15, 0.2) is 35.1 Å². The lowest BCUT2D eigenvalue weighted by Crippen LogP contribution is -2.50. The number of unbranched alkanes of at least 4 members (excludes halogenated alkanes) is 1.